The molecule has 0 saturated carbocycles. The highest BCUT2D eigenvalue weighted by atomic mass is 17.0. The summed E-state index contributed by atoms with van der Waals surface area (Å²) >= 11 is 0. The Kier molecular flexibility index (Phi) is 16.0. The first-order chi connectivity index (χ1) is 16.5. The van der Waals surface area contributed by atoms with Crippen molar-refractivity contribution in [3.8, 4) is 0 Å². The van der Waals surface area contributed by atoms with Gasteiger partial charge in [0.05, 0.1) is 32.8 Å². The van der Waals surface area contributed by atoms with Crippen LogP contribution in [0.5, 0.6) is 0 Å². The van der Waals surface area contributed by atoms with Gasteiger partial charge in [0, 0.05) is 0 Å². The highest BCUT2D eigenvalue weighted by Gasteiger charge is 2.26. The first kappa shape index (κ1) is 30.7. The smallest absolute Gasteiger partial charge is 0.407 e. The monoisotopic (exact) mass is 518 g/mol. The fraction of sp³-hybridized carbons (Fsp3) is 0.786. The highest BCUT2D eigenvalue weighted by molar-refractivity contribution is 5.85. The molecule has 0 rings (SSSR count). The van der Waals surface area contributed by atoms with Crippen molar-refractivity contribution in [3.63, 3.8) is 0 Å². The quantitative estimate of drug-likeness (QED) is 0.0727. The molecule has 0 aliphatic rings. The van der Waals surface area contributed by atoms with Crippen LogP contribution in [0.15, 0.2) is 0 Å². The Morgan fingerprint density at radius 2 is 1.37 bits per heavy atom. The van der Waals surface area contributed by atoms with E-state index in [1.165, 1.54) is 0 Å². The van der Waals surface area contributed by atoms with Crippen LogP contribution in [-0.4, -0.2) is 103 Å². The molecule has 0 spiro atoms. The van der Waals surface area contributed by atoms with Crippen molar-refractivity contribution in [2.75, 3.05) is 52.9 Å². The van der Waals surface area contributed by atoms with Crippen LogP contribution in [0.4, 0.5) is 4.79 Å². The van der Waals surface area contributed by atoms with Gasteiger partial charge in [-0.15, -0.1) is 30.3 Å². The van der Waals surface area contributed by atoms with E-state index in [2.05, 4.69) is 19.2 Å². The molecule has 0 aliphatic heterocycles. The van der Waals surface area contributed by atoms with Crippen LogP contribution in [0.3, 0.4) is 0 Å². The first-order valence-corrected chi connectivity index (χ1v) is 9.34. The molecule has 2 unspecified atom stereocenters. The standard InChI is InChI=1S/C14H22N4O17/c19-12(20)7-11(15-14(22)32-5-1-29-3-6-33-16(23)24)13(21)31-4-2-30-8-10(35-18(27)28)9-34-17(25)26/h10-11H,1-9H2,(H,15,22)(H,19,20). The summed E-state index contributed by atoms with van der Waals surface area (Å²) in [4.78, 5) is 77.1. The lowest BCUT2D eigenvalue weighted by molar-refractivity contribution is -0.790. The van der Waals surface area contributed by atoms with Gasteiger partial charge in [-0.1, -0.05) is 0 Å². The summed E-state index contributed by atoms with van der Waals surface area (Å²) in [5.41, 5.74) is 0. The van der Waals surface area contributed by atoms with Crippen molar-refractivity contribution in [2.45, 2.75) is 18.6 Å². The molecule has 0 saturated heterocycles. The molecule has 2 atom stereocenters. The second-order valence-electron chi connectivity index (χ2n) is 5.81. The minimum atomic E-state index is -1.64. The second-order valence-corrected chi connectivity index (χ2v) is 5.81. The van der Waals surface area contributed by atoms with E-state index in [-0.39, 0.29) is 33.0 Å². The van der Waals surface area contributed by atoms with E-state index in [0.717, 1.165) is 0 Å². The summed E-state index contributed by atoms with van der Waals surface area (Å²) in [6.07, 6.45) is -3.49. The molecule has 0 aromatic carbocycles. The summed E-state index contributed by atoms with van der Waals surface area (Å²) in [7, 11) is 0. The molecule has 0 aromatic heterocycles. The topological polar surface area (TPSA) is 277 Å². The third kappa shape index (κ3) is 19.0. The lowest BCUT2D eigenvalue weighted by Gasteiger charge is -2.17. The van der Waals surface area contributed by atoms with Crippen molar-refractivity contribution in [3.05, 3.63) is 30.3 Å². The van der Waals surface area contributed by atoms with Gasteiger partial charge in [-0.05, 0) is 0 Å². The normalized spacial score (nSPS) is 11.9. The summed E-state index contributed by atoms with van der Waals surface area (Å²) in [6, 6.07) is -1.64. The van der Waals surface area contributed by atoms with Crippen LogP contribution in [0, 0.1) is 30.3 Å². The van der Waals surface area contributed by atoms with E-state index in [4.69, 9.17) is 19.3 Å². The molecule has 0 bridgehead atoms. The van der Waals surface area contributed by atoms with Crippen molar-refractivity contribution in [1.29, 1.82) is 0 Å². The van der Waals surface area contributed by atoms with Gasteiger partial charge in [0.15, 0.2) is 6.10 Å². The summed E-state index contributed by atoms with van der Waals surface area (Å²) in [5.74, 6) is -2.63. The molecule has 21 nitrogen and oxygen atoms in total. The van der Waals surface area contributed by atoms with Crippen molar-refractivity contribution >= 4 is 18.0 Å². The Bertz CT molecular complexity index is 719. The molecule has 0 radical (unpaired) electrons. The van der Waals surface area contributed by atoms with Gasteiger partial charge >= 0.3 is 18.0 Å². The molecular formula is C14H22N4O17. The number of rotatable bonds is 21. The number of carboxylic acid groups (broad SMARTS) is 1. The van der Waals surface area contributed by atoms with Crippen molar-refractivity contribution < 1.29 is 68.2 Å². The minimum absolute atomic E-state index is 0.163. The van der Waals surface area contributed by atoms with Gasteiger partial charge in [-0.2, -0.15) is 0 Å². The van der Waals surface area contributed by atoms with E-state index >= 15 is 0 Å². The van der Waals surface area contributed by atoms with Gasteiger partial charge in [0.25, 0.3) is 15.3 Å². The predicted octanol–water partition coefficient (Wildman–Crippen LogP) is -1.87. The average Bonchev–Trinajstić information content (AvgIpc) is 2.74. The third-order valence-corrected chi connectivity index (χ3v) is 3.22. The molecule has 35 heavy (non-hydrogen) atoms. The summed E-state index contributed by atoms with van der Waals surface area (Å²) in [5, 5.41) is 37.8. The number of hydrogen-bond acceptors (Lipinski definition) is 16. The maximum atomic E-state index is 12.0. The number of amides is 1. The van der Waals surface area contributed by atoms with Gasteiger partial charge in [0.2, 0.25) is 0 Å². The zero-order valence-corrected chi connectivity index (χ0v) is 17.8. The average molecular weight is 518 g/mol. The zero-order valence-electron chi connectivity index (χ0n) is 17.8. The first-order valence-electron chi connectivity index (χ1n) is 9.34. The third-order valence-electron chi connectivity index (χ3n) is 3.22. The molecule has 0 heterocycles. The number of esters is 1. The molecule has 0 aromatic rings. The van der Waals surface area contributed by atoms with E-state index < -0.39 is 71.7 Å². The number of nitrogens with zero attached hydrogens (tertiary/aromatic N) is 3. The van der Waals surface area contributed by atoms with Crippen LogP contribution in [0.1, 0.15) is 6.42 Å². The van der Waals surface area contributed by atoms with Gasteiger partial charge in [-0.25, -0.2) is 9.59 Å². The van der Waals surface area contributed by atoms with E-state index in [1.54, 1.807) is 0 Å². The minimum Gasteiger partial charge on any atom is -0.481 e. The molecule has 1 amide bonds. The van der Waals surface area contributed by atoms with Gasteiger partial charge < -0.3 is 43.9 Å². The Hall–Kier alpha value is -4.27. The number of nitrogens with one attached hydrogen (secondary N) is 1. The summed E-state index contributed by atoms with van der Waals surface area (Å²) in [6.45, 7) is -3.21. The zero-order chi connectivity index (χ0) is 26.6. The lowest BCUT2D eigenvalue weighted by Crippen LogP contribution is -2.44. The van der Waals surface area contributed by atoms with Gasteiger partial charge in [-0.3, -0.25) is 4.79 Å². The van der Waals surface area contributed by atoms with E-state index in [9.17, 15) is 44.7 Å². The molecule has 21 heteroatoms. The maximum Gasteiger partial charge on any atom is 0.407 e. The number of hydrogen-bond donors (Lipinski definition) is 2. The van der Waals surface area contributed by atoms with Crippen molar-refractivity contribution in [2.24, 2.45) is 0 Å². The lowest BCUT2D eigenvalue weighted by atomic mass is 10.2. The van der Waals surface area contributed by atoms with Crippen LogP contribution >= 0.6 is 0 Å². The predicted molar refractivity (Wildman–Crippen MR) is 101 cm³/mol. The van der Waals surface area contributed by atoms with E-state index in [0.29, 0.717) is 0 Å². The van der Waals surface area contributed by atoms with E-state index in [1.807, 2.05) is 5.32 Å². The molecule has 0 fully saturated rings. The van der Waals surface area contributed by atoms with Crippen molar-refractivity contribution in [1.82, 2.24) is 5.32 Å². The SMILES string of the molecule is O=C(O)CC(NC(=O)OCCOCCO[N+](=O)[O-])C(=O)OCCOCC(CO[N+](=O)[O-])O[N+](=O)[O-]. The summed E-state index contributed by atoms with van der Waals surface area (Å²) < 4.78 is 19.2. The fourth-order valence-electron chi connectivity index (χ4n) is 1.91. The molecule has 2 N–H and O–H groups in total. The number of alkyl carbamates (subject to hydrolysis) is 1. The molecule has 0 aliphatic carbocycles. The number of carbonyl (C=O) groups excluding carboxylic acids is 2. The number of ether oxygens (including phenoxy) is 4. The highest BCUT2D eigenvalue weighted by Crippen LogP contribution is 2.00. The Morgan fingerprint density at radius 1 is 0.771 bits per heavy atom. The van der Waals surface area contributed by atoms with Crippen LogP contribution in [0.2, 0.25) is 0 Å². The number of carbonyl (C=O) groups is 3. The molecular weight excluding hydrogens is 496 g/mol. The van der Waals surface area contributed by atoms with Crippen LogP contribution < -0.4 is 5.32 Å². The maximum absolute atomic E-state index is 12.0. The Morgan fingerprint density at radius 3 is 1.97 bits per heavy atom. The number of aliphatic carboxylic acids is 1. The Balaban J connectivity index is 4.32. The van der Waals surface area contributed by atoms with Crippen LogP contribution in [-0.2, 0) is 43.0 Å². The largest absolute Gasteiger partial charge is 0.481 e. The fourth-order valence-corrected chi connectivity index (χ4v) is 1.91. The molecule has 200 valence electrons. The second kappa shape index (κ2) is 18.2. The van der Waals surface area contributed by atoms with Gasteiger partial charge in [0.1, 0.15) is 32.5 Å². The number of carboxylic acids is 1. The Labute approximate surface area is 194 Å². The van der Waals surface area contributed by atoms with Crippen LogP contribution in [0.25, 0.3) is 0 Å².